The van der Waals surface area contributed by atoms with Gasteiger partial charge in [-0.2, -0.15) is 0 Å². The molecule has 1 aliphatic rings. The van der Waals surface area contributed by atoms with E-state index in [0.717, 1.165) is 51.4 Å². The molecule has 0 saturated carbocycles. The zero-order valence-corrected chi connectivity index (χ0v) is 61.1. The lowest BCUT2D eigenvalue weighted by Crippen LogP contribution is -2.60. The summed E-state index contributed by atoms with van der Waals surface area (Å²) in [4.78, 5) is 25.1. The van der Waals surface area contributed by atoms with Crippen LogP contribution in [0.3, 0.4) is 0 Å². The Morgan fingerprint density at radius 1 is 0.391 bits per heavy atom. The molecule has 7 unspecified atom stereocenters. The number of hydrogen-bond acceptors (Lipinski definition) is 10. The average molecular weight is 1310 g/mol. The minimum absolute atomic E-state index is 0.0210. The van der Waals surface area contributed by atoms with E-state index < -0.39 is 49.5 Å². The van der Waals surface area contributed by atoms with Gasteiger partial charge in [0, 0.05) is 12.8 Å². The van der Waals surface area contributed by atoms with E-state index in [1.54, 1.807) is 6.08 Å². The maximum atomic E-state index is 13.1. The van der Waals surface area contributed by atoms with Crippen molar-refractivity contribution < 1.29 is 49.3 Å². The minimum Gasteiger partial charge on any atom is -0.466 e. The molecule has 1 amide bonds. The summed E-state index contributed by atoms with van der Waals surface area (Å²) in [6.45, 7) is 4.40. The Morgan fingerprint density at radius 2 is 0.685 bits per heavy atom. The number of hydrogen-bond donors (Lipinski definition) is 6. The van der Waals surface area contributed by atoms with E-state index in [1.807, 2.05) is 6.08 Å². The van der Waals surface area contributed by atoms with Gasteiger partial charge in [0.2, 0.25) is 5.91 Å². The van der Waals surface area contributed by atoms with Gasteiger partial charge in [-0.15, -0.1) is 0 Å². The van der Waals surface area contributed by atoms with Crippen LogP contribution < -0.4 is 5.32 Å². The van der Waals surface area contributed by atoms with Gasteiger partial charge in [-0.05, 0) is 32.1 Å². The molecule has 11 heteroatoms. The second kappa shape index (κ2) is 70.7. The first kappa shape index (κ1) is 88.4. The highest BCUT2D eigenvalue weighted by Gasteiger charge is 2.44. The van der Waals surface area contributed by atoms with Gasteiger partial charge < -0.3 is 45.1 Å². The molecular formula is C81H157NO10. The number of allylic oxidation sites excluding steroid dienone is 1. The van der Waals surface area contributed by atoms with Crippen molar-refractivity contribution in [3.63, 3.8) is 0 Å². The smallest absolute Gasteiger partial charge is 0.305 e. The van der Waals surface area contributed by atoms with Gasteiger partial charge >= 0.3 is 5.97 Å². The molecule has 0 aliphatic carbocycles. The highest BCUT2D eigenvalue weighted by Crippen LogP contribution is 2.24. The summed E-state index contributed by atoms with van der Waals surface area (Å²) < 4.78 is 16.8. The number of carbonyl (C=O) groups is 2. The summed E-state index contributed by atoms with van der Waals surface area (Å²) in [7, 11) is 0. The number of unbranched alkanes of at least 4 members (excludes halogenated alkanes) is 60. The number of aliphatic hydroxyl groups is 5. The first-order valence-electron chi connectivity index (χ1n) is 41.0. The maximum absolute atomic E-state index is 13.1. The Labute approximate surface area is 569 Å². The molecule has 6 N–H and O–H groups in total. The Kier molecular flexibility index (Phi) is 67.9. The molecule has 1 aliphatic heterocycles. The number of ether oxygens (including phenoxy) is 3. The predicted octanol–water partition coefficient (Wildman–Crippen LogP) is 22.1. The third-order valence-electron chi connectivity index (χ3n) is 19.9. The molecule has 0 aromatic rings. The van der Waals surface area contributed by atoms with Gasteiger partial charge in [-0.25, -0.2) is 0 Å². The van der Waals surface area contributed by atoms with Crippen molar-refractivity contribution in [3.05, 3.63) is 12.2 Å². The summed E-state index contributed by atoms with van der Waals surface area (Å²) in [5.74, 6) is -0.152. The number of nitrogens with one attached hydrogen (secondary N) is 1. The van der Waals surface area contributed by atoms with Gasteiger partial charge in [-0.1, -0.05) is 398 Å². The SMILES string of the molecule is CCCCCCCCCCCC/C=C/C(O)C(COC1OC(CO)C(O)C(O)C1O)NC(=O)CCCCCCCCCCCCCCCCCCCCCCCCCCCCCCCCCCCCCCCCCOC(=O)CCCCCCCCCCCCCCC. The second-order valence-corrected chi connectivity index (χ2v) is 28.8. The third-order valence-corrected chi connectivity index (χ3v) is 19.9. The van der Waals surface area contributed by atoms with E-state index in [1.165, 1.54) is 353 Å². The highest BCUT2D eigenvalue weighted by molar-refractivity contribution is 5.76. The van der Waals surface area contributed by atoms with Crippen molar-refractivity contribution in [3.8, 4) is 0 Å². The first-order chi connectivity index (χ1) is 45.2. The topological polar surface area (TPSA) is 175 Å². The maximum Gasteiger partial charge on any atom is 0.305 e. The number of esters is 1. The molecule has 7 atom stereocenters. The van der Waals surface area contributed by atoms with E-state index in [0.29, 0.717) is 19.4 Å². The van der Waals surface area contributed by atoms with E-state index in [-0.39, 0.29) is 18.5 Å². The lowest BCUT2D eigenvalue weighted by atomic mass is 9.99. The van der Waals surface area contributed by atoms with Gasteiger partial charge in [0.15, 0.2) is 6.29 Å². The fraction of sp³-hybridized carbons (Fsp3) is 0.951. The molecule has 1 fully saturated rings. The first-order valence-corrected chi connectivity index (χ1v) is 41.0. The van der Waals surface area contributed by atoms with Crippen molar-refractivity contribution >= 4 is 11.9 Å². The van der Waals surface area contributed by atoms with Crippen LogP contribution in [0, 0.1) is 0 Å². The summed E-state index contributed by atoms with van der Waals surface area (Å²) in [5.41, 5.74) is 0. The van der Waals surface area contributed by atoms with Crippen LogP contribution in [-0.2, 0) is 23.8 Å². The monoisotopic (exact) mass is 1300 g/mol. The summed E-state index contributed by atoms with van der Waals surface area (Å²) >= 11 is 0. The van der Waals surface area contributed by atoms with Crippen LogP contribution in [-0.4, -0.2) is 100 Å². The standard InChI is InChI=1S/C81H157NO10/c1-3-5-7-9-11-13-15-44-49-53-57-61-65-69-77(86)90-70-66-62-58-54-50-46-43-41-39-37-35-33-31-29-27-25-23-21-19-17-18-20-22-24-26-28-30-32-34-36-38-40-42-45-48-52-56-60-64-68-76(85)82-73(72-91-81-80(89)79(88)78(87)75(71-83)92-81)74(84)67-63-59-55-51-47-16-14-12-10-8-6-4-2/h63,67,73-75,78-81,83-84,87-89H,3-62,64-66,68-72H2,1-2H3,(H,82,85)/b67-63+. The normalized spacial score (nSPS) is 17.5. The molecule has 0 spiro atoms. The van der Waals surface area contributed by atoms with Crippen LogP contribution in [0.1, 0.15) is 431 Å². The lowest BCUT2D eigenvalue weighted by Gasteiger charge is -2.40. The van der Waals surface area contributed by atoms with Crippen LogP contribution in [0.2, 0.25) is 0 Å². The number of rotatable bonds is 74. The molecule has 0 radical (unpaired) electrons. The molecule has 1 rings (SSSR count). The average Bonchev–Trinajstić information content (AvgIpc) is 1.08. The van der Waals surface area contributed by atoms with Gasteiger partial charge in [0.05, 0.1) is 32.0 Å². The van der Waals surface area contributed by atoms with Crippen molar-refractivity contribution in [2.24, 2.45) is 0 Å². The number of aliphatic hydroxyl groups excluding tert-OH is 5. The van der Waals surface area contributed by atoms with E-state index in [4.69, 9.17) is 14.2 Å². The predicted molar refractivity (Wildman–Crippen MR) is 389 cm³/mol. The quantitative estimate of drug-likeness (QED) is 0.0195. The second-order valence-electron chi connectivity index (χ2n) is 28.8. The molecule has 0 aromatic carbocycles. The van der Waals surface area contributed by atoms with Crippen molar-refractivity contribution in [2.45, 2.75) is 474 Å². The molecule has 11 nitrogen and oxygen atoms in total. The highest BCUT2D eigenvalue weighted by atomic mass is 16.7. The summed E-state index contributed by atoms with van der Waals surface area (Å²) in [5, 5.41) is 54.5. The lowest BCUT2D eigenvalue weighted by molar-refractivity contribution is -0.302. The van der Waals surface area contributed by atoms with E-state index >= 15 is 0 Å². The van der Waals surface area contributed by atoms with Crippen molar-refractivity contribution in [1.82, 2.24) is 5.32 Å². The summed E-state index contributed by atoms with van der Waals surface area (Å²) in [6.07, 6.45) is 79.8. The Bertz CT molecular complexity index is 1530. The van der Waals surface area contributed by atoms with Crippen LogP contribution >= 0.6 is 0 Å². The molecular weight excluding hydrogens is 1150 g/mol. The molecule has 1 heterocycles. The fourth-order valence-electron chi connectivity index (χ4n) is 13.5. The van der Waals surface area contributed by atoms with Gasteiger partial charge in [-0.3, -0.25) is 9.59 Å². The molecule has 0 aromatic heterocycles. The van der Waals surface area contributed by atoms with Crippen molar-refractivity contribution in [1.29, 1.82) is 0 Å². The summed E-state index contributed by atoms with van der Waals surface area (Å²) in [6, 6.07) is -0.804. The Morgan fingerprint density at radius 3 is 1.01 bits per heavy atom. The van der Waals surface area contributed by atoms with Crippen LogP contribution in [0.25, 0.3) is 0 Å². The fourth-order valence-corrected chi connectivity index (χ4v) is 13.5. The number of amides is 1. The van der Waals surface area contributed by atoms with Gasteiger partial charge in [0.1, 0.15) is 24.4 Å². The molecule has 92 heavy (non-hydrogen) atoms. The van der Waals surface area contributed by atoms with Crippen LogP contribution in [0.15, 0.2) is 12.2 Å². The number of carbonyl (C=O) groups excluding carboxylic acids is 2. The van der Waals surface area contributed by atoms with Crippen molar-refractivity contribution in [2.75, 3.05) is 19.8 Å². The van der Waals surface area contributed by atoms with E-state index in [2.05, 4.69) is 19.2 Å². The molecule has 546 valence electrons. The third kappa shape index (κ3) is 58.5. The van der Waals surface area contributed by atoms with E-state index in [9.17, 15) is 35.1 Å². The minimum atomic E-state index is -1.57. The zero-order chi connectivity index (χ0) is 66.5. The molecule has 1 saturated heterocycles. The van der Waals surface area contributed by atoms with Crippen LogP contribution in [0.4, 0.5) is 0 Å². The van der Waals surface area contributed by atoms with Crippen LogP contribution in [0.5, 0.6) is 0 Å². The largest absolute Gasteiger partial charge is 0.466 e. The Balaban J connectivity index is 1.86. The Hall–Kier alpha value is -1.60. The molecule has 0 bridgehead atoms. The zero-order valence-electron chi connectivity index (χ0n) is 61.1. The van der Waals surface area contributed by atoms with Gasteiger partial charge in [0.25, 0.3) is 0 Å².